The van der Waals surface area contributed by atoms with Crippen LogP contribution in [0.5, 0.6) is 0 Å². The van der Waals surface area contributed by atoms with Gasteiger partial charge in [0.15, 0.2) is 0 Å². The number of fused-ring (bicyclic) bond motifs is 8. The maximum Gasteiger partial charge on any atom is 0.320 e. The molecule has 2 amide bonds. The highest BCUT2D eigenvalue weighted by atomic mass is 16.5. The molecule has 13 heterocycles. The van der Waals surface area contributed by atoms with Gasteiger partial charge < -0.3 is 59.4 Å². The first kappa shape index (κ1) is 73.3. The van der Waals surface area contributed by atoms with Gasteiger partial charge >= 0.3 is 6.03 Å². The number of aliphatic hydroxyl groups excluding tert-OH is 1. The van der Waals surface area contributed by atoms with Crippen LogP contribution in [0.2, 0.25) is 0 Å². The van der Waals surface area contributed by atoms with Gasteiger partial charge in [0.1, 0.15) is 0 Å². The van der Waals surface area contributed by atoms with Gasteiger partial charge in [0.05, 0.1) is 93.5 Å². The van der Waals surface area contributed by atoms with Gasteiger partial charge in [-0.05, 0) is 177 Å². The molecule has 7 aromatic rings. The second-order valence-corrected chi connectivity index (χ2v) is 32.9. The number of likely N-dealkylation sites (N-methyl/N-ethyl adjacent to an activating group) is 1. The van der Waals surface area contributed by atoms with Crippen LogP contribution in [0, 0.1) is 23.7 Å². The third kappa shape index (κ3) is 16.0. The maximum atomic E-state index is 13.4. The third-order valence-corrected chi connectivity index (χ3v) is 25.1. The molecule has 5 saturated heterocycles. The summed E-state index contributed by atoms with van der Waals surface area (Å²) >= 11 is 0. The molecule has 0 radical (unpaired) electrons. The average Bonchev–Trinajstić information content (AvgIpc) is 1.61. The molecule has 7 aliphatic heterocycles. The molecule has 0 spiro atoms. The number of aliphatic hydroxyl groups is 1. The lowest BCUT2D eigenvalue weighted by molar-refractivity contribution is 0.0398. The third-order valence-electron chi connectivity index (χ3n) is 25.1. The van der Waals surface area contributed by atoms with Crippen molar-refractivity contribution in [2.75, 3.05) is 122 Å². The number of hydrogen-bond acceptors (Lipinski definition) is 18. The van der Waals surface area contributed by atoms with Crippen molar-refractivity contribution in [3.05, 3.63) is 101 Å². The molecular formula is C82H116N16O7. The second kappa shape index (κ2) is 32.7. The lowest BCUT2D eigenvalue weighted by atomic mass is 9.81. The van der Waals surface area contributed by atoms with Crippen molar-refractivity contribution in [3.8, 4) is 11.1 Å². The predicted octanol–water partition coefficient (Wildman–Crippen LogP) is 13.2. The minimum Gasteiger partial charge on any atom is -0.393 e. The van der Waals surface area contributed by atoms with Crippen molar-refractivity contribution in [1.82, 2.24) is 58.5 Å². The Kier molecular flexibility index (Phi) is 22.8. The highest BCUT2D eigenvalue weighted by molar-refractivity contribution is 5.85. The van der Waals surface area contributed by atoms with E-state index in [0.717, 1.165) is 112 Å². The fourth-order valence-corrected chi connectivity index (χ4v) is 19.1. The van der Waals surface area contributed by atoms with Gasteiger partial charge in [-0.15, -0.1) is 15.3 Å². The predicted molar refractivity (Wildman–Crippen MR) is 413 cm³/mol. The number of benzene rings is 1. The van der Waals surface area contributed by atoms with E-state index in [-0.39, 0.29) is 42.3 Å². The van der Waals surface area contributed by atoms with Gasteiger partial charge in [0, 0.05) is 153 Å². The van der Waals surface area contributed by atoms with Crippen molar-refractivity contribution in [2.45, 2.75) is 216 Å². The zero-order valence-electron chi connectivity index (χ0n) is 63.8. The molecule has 23 nitrogen and oxygen atoms in total. The molecule has 1 aromatic carbocycles. The quantitative estimate of drug-likeness (QED) is 0.0591. The van der Waals surface area contributed by atoms with Crippen molar-refractivity contribution >= 4 is 57.3 Å². The summed E-state index contributed by atoms with van der Waals surface area (Å²) in [6.45, 7) is 19.4. The summed E-state index contributed by atoms with van der Waals surface area (Å²) < 4.78 is 33.4. The van der Waals surface area contributed by atoms with Crippen LogP contribution in [0.4, 0.5) is 28.3 Å². The minimum atomic E-state index is -0.185. The molecular weight excluding hydrogens is 1320 g/mol. The summed E-state index contributed by atoms with van der Waals surface area (Å²) in [5, 5.41) is 35.1. The molecule has 8 fully saturated rings. The van der Waals surface area contributed by atoms with Crippen molar-refractivity contribution < 1.29 is 33.6 Å². The van der Waals surface area contributed by atoms with Crippen LogP contribution in [-0.4, -0.2) is 219 Å². The highest BCUT2D eigenvalue weighted by Crippen LogP contribution is 2.47. The molecule has 23 heteroatoms. The summed E-state index contributed by atoms with van der Waals surface area (Å²) in [5.74, 6) is 6.32. The smallest absolute Gasteiger partial charge is 0.320 e. The fourth-order valence-electron chi connectivity index (χ4n) is 19.1. The number of nitrogens with one attached hydrogen (secondary N) is 3. The lowest BCUT2D eigenvalue weighted by Crippen LogP contribution is -2.52. The molecule has 105 heavy (non-hydrogen) atoms. The largest absolute Gasteiger partial charge is 0.393 e. The van der Waals surface area contributed by atoms with E-state index < -0.39 is 0 Å². The van der Waals surface area contributed by atoms with E-state index in [0.29, 0.717) is 106 Å². The van der Waals surface area contributed by atoms with Crippen LogP contribution in [0.3, 0.4) is 0 Å². The van der Waals surface area contributed by atoms with Crippen LogP contribution in [0.15, 0.2) is 73.2 Å². The Balaban J connectivity index is 0.000000127. The number of hydrogen-bond donors (Lipinski definition) is 4. The fraction of sp³-hybridized carbons (Fsp3) is 0.646. The average molecular weight is 1440 g/mol. The Morgan fingerprint density at radius 1 is 0.552 bits per heavy atom. The monoisotopic (exact) mass is 1440 g/mol. The number of amides is 2. The SMILES string of the molecule is COC[C@H](C)Nc1ncc2c(-c3cccc(N4C[C@H]5COC[C@H]5C4)c3)cc(C3CCC(O)CC3)n2n1.COC[C@H](C)Nc1ncc2c(C3=C[C@@H]4CC[C@H](C3)N4C(=O)N3CCOCC3)cc(C3CCC(C)CC3)n2n1.COC[C@H](C)Nc1ncc2c(C3=C[C@@H]4CC[C@H](C3)N4C)cc(C3CCC(C)CC3)n2n1. The second-order valence-electron chi connectivity index (χ2n) is 32.9. The Bertz CT molecular complexity index is 4170. The van der Waals surface area contributed by atoms with Crippen LogP contribution in [0.25, 0.3) is 38.8 Å². The van der Waals surface area contributed by atoms with E-state index in [9.17, 15) is 9.90 Å². The molecule has 4 N–H and O–H groups in total. The van der Waals surface area contributed by atoms with E-state index in [2.05, 4.69) is 150 Å². The topological polar surface area (TPSA) is 223 Å². The van der Waals surface area contributed by atoms with Crippen molar-refractivity contribution in [2.24, 2.45) is 23.7 Å². The zero-order valence-corrected chi connectivity index (χ0v) is 63.8. The molecule has 17 rings (SSSR count). The molecule has 3 aliphatic carbocycles. The molecule has 4 bridgehead atoms. The van der Waals surface area contributed by atoms with Gasteiger partial charge in [0.2, 0.25) is 17.8 Å². The first-order chi connectivity index (χ1) is 51.1. The number of rotatable bonds is 19. The summed E-state index contributed by atoms with van der Waals surface area (Å²) in [6, 6.07) is 18.3. The standard InChI is InChI=1S/C29H42N6O3.C28H37N5O3.C25H37N5O/c1-19-4-6-21(7-5-19)26-16-25(27-17-30-28(32-35(26)27)31-20(2)18-37-3)22-14-23-8-9-24(15-22)34(23)29(36)33-10-12-38-13-11-33;1-18(15-35-2)30-28-29-12-27-25(11-26(33(27)31-28)19-6-8-24(34)9-7-19)20-4-3-5-23(10-20)32-13-21-16-36-17-22(21)14-32;1-16-5-7-18(8-6-16)23-13-22(19-11-20-9-10-21(12-19)29(20)3)24-14-26-25(28-30(23)24)27-17(2)15-31-4/h14,16-17,19-21,23-24H,4-13,15,18H2,1-3H3,(H,31,32);3-5,10-12,18-19,21-22,24,34H,6-9,13-17H2,1-2H3,(H,30,31);11,13-14,16-18,20-21H,5-10,12,15H2,1-4H3,(H,27,28)/t19?,20-,21?,23-,24+;18-,19?,21-,22+,24?;16?,17-,18?,20-,21+/m000/s1. The molecule has 9 atom stereocenters. The van der Waals surface area contributed by atoms with Crippen molar-refractivity contribution in [3.63, 3.8) is 0 Å². The number of methoxy groups -OCH3 is 3. The minimum absolute atomic E-state index is 0.109. The molecule has 6 aromatic heterocycles. The van der Waals surface area contributed by atoms with Gasteiger partial charge in [-0.25, -0.2) is 33.3 Å². The zero-order chi connectivity index (χ0) is 72.4. The Labute approximate surface area is 620 Å². The Hall–Kier alpha value is -7.25. The molecule has 10 aliphatic rings. The molecule has 0 unspecified atom stereocenters. The Morgan fingerprint density at radius 2 is 1.00 bits per heavy atom. The van der Waals surface area contributed by atoms with E-state index in [1.54, 1.807) is 21.3 Å². The number of ether oxygens (including phenoxy) is 5. The number of carbonyl (C=O) groups is 1. The number of urea groups is 1. The van der Waals surface area contributed by atoms with E-state index in [1.807, 2.05) is 23.5 Å². The first-order valence-corrected chi connectivity index (χ1v) is 40.0. The summed E-state index contributed by atoms with van der Waals surface area (Å²) in [5.41, 5.74) is 16.2. The van der Waals surface area contributed by atoms with Gasteiger partial charge in [-0.1, -0.05) is 63.8 Å². The number of carbonyl (C=O) groups excluding carboxylic acids is 1. The van der Waals surface area contributed by atoms with E-state index >= 15 is 0 Å². The normalized spacial score (nSPS) is 28.3. The number of aromatic nitrogens is 9. The lowest BCUT2D eigenvalue weighted by Gasteiger charge is -2.39. The molecule has 566 valence electrons. The van der Waals surface area contributed by atoms with Crippen LogP contribution < -0.4 is 20.9 Å². The Morgan fingerprint density at radius 3 is 1.49 bits per heavy atom. The maximum absolute atomic E-state index is 13.4. The van der Waals surface area contributed by atoms with Crippen LogP contribution in [-0.2, 0) is 23.7 Å². The summed E-state index contributed by atoms with van der Waals surface area (Å²) in [4.78, 5) is 36.6. The van der Waals surface area contributed by atoms with Gasteiger partial charge in [-0.3, -0.25) is 4.90 Å². The van der Waals surface area contributed by atoms with E-state index in [4.69, 9.17) is 44.0 Å². The van der Waals surface area contributed by atoms with Gasteiger partial charge in [0.25, 0.3) is 0 Å². The number of anilines is 4. The van der Waals surface area contributed by atoms with E-state index in [1.165, 1.54) is 115 Å². The van der Waals surface area contributed by atoms with Crippen LogP contribution >= 0.6 is 0 Å². The summed E-state index contributed by atoms with van der Waals surface area (Å²) in [6.07, 6.45) is 31.0. The van der Waals surface area contributed by atoms with Gasteiger partial charge in [-0.2, -0.15) is 0 Å². The number of nitrogens with zero attached hydrogens (tertiary/aromatic N) is 13. The van der Waals surface area contributed by atoms with Crippen molar-refractivity contribution in [1.29, 1.82) is 0 Å². The summed E-state index contributed by atoms with van der Waals surface area (Å²) in [7, 11) is 7.42. The number of morpholine rings is 1. The van der Waals surface area contributed by atoms with Crippen LogP contribution in [0.1, 0.15) is 196 Å². The first-order valence-electron chi connectivity index (χ1n) is 40.0. The molecule has 3 saturated carbocycles. The highest BCUT2D eigenvalue weighted by Gasteiger charge is 2.43.